The average Bonchev–Trinajstić information content (AvgIpc) is 2.91. The highest BCUT2D eigenvalue weighted by Gasteiger charge is 2.04. The van der Waals surface area contributed by atoms with Gasteiger partial charge in [0.2, 0.25) is 0 Å². The van der Waals surface area contributed by atoms with Crippen LogP contribution in [0.15, 0.2) is 24.3 Å². The fraction of sp³-hybridized carbons (Fsp3) is 0.708. The fourth-order valence-electron chi connectivity index (χ4n) is 2.56. The number of hydrogen-bond acceptors (Lipinski definition) is 12. The van der Waals surface area contributed by atoms with Crippen LogP contribution >= 0.6 is 0 Å². The average molecular weight is 534 g/mol. The molecule has 0 saturated heterocycles. The van der Waals surface area contributed by atoms with Gasteiger partial charge in [-0.15, -0.1) is 0 Å². The molecule has 1 aromatic rings. The first-order valence-corrected chi connectivity index (χ1v) is 12.1. The number of carbonyl (C=O) groups excluding carboxylic acids is 1. The van der Waals surface area contributed by atoms with Crippen LogP contribution in [0.1, 0.15) is 6.42 Å². The van der Waals surface area contributed by atoms with E-state index in [1.807, 2.05) is 0 Å². The lowest BCUT2D eigenvalue weighted by Crippen LogP contribution is -2.15. The van der Waals surface area contributed by atoms with E-state index in [0.29, 0.717) is 105 Å². The maximum atomic E-state index is 10.9. The molecular formula is C24H39NO12. The topological polar surface area (TPSA) is 143 Å². The molecule has 37 heavy (non-hydrogen) atoms. The van der Waals surface area contributed by atoms with Crippen LogP contribution in [0.25, 0.3) is 0 Å². The Morgan fingerprint density at radius 2 is 0.973 bits per heavy atom. The van der Waals surface area contributed by atoms with Crippen LogP contribution in [0.2, 0.25) is 0 Å². The minimum absolute atomic E-state index is 0.0235. The largest absolute Gasteiger partial charge is 0.491 e. The lowest BCUT2D eigenvalue weighted by atomic mass is 10.3. The van der Waals surface area contributed by atoms with Crippen molar-refractivity contribution in [2.24, 2.45) is 0 Å². The maximum absolute atomic E-state index is 10.9. The highest BCUT2D eigenvalue weighted by molar-refractivity contribution is 5.69. The van der Waals surface area contributed by atoms with E-state index in [0.717, 1.165) is 0 Å². The predicted molar refractivity (Wildman–Crippen MR) is 131 cm³/mol. The summed E-state index contributed by atoms with van der Waals surface area (Å²) in [6.45, 7) is 6.54. The van der Waals surface area contributed by atoms with E-state index in [9.17, 15) is 14.9 Å². The molecule has 0 bridgehead atoms. The molecular weight excluding hydrogens is 494 g/mol. The molecule has 0 aromatic heterocycles. The monoisotopic (exact) mass is 533 g/mol. The van der Waals surface area contributed by atoms with Crippen LogP contribution in [0.5, 0.6) is 5.75 Å². The minimum Gasteiger partial charge on any atom is -0.491 e. The van der Waals surface area contributed by atoms with Gasteiger partial charge < -0.3 is 42.6 Å². The number of methoxy groups -OCH3 is 1. The summed E-state index contributed by atoms with van der Waals surface area (Å²) in [6.07, 6.45) is 0.238. The van der Waals surface area contributed by atoms with Gasteiger partial charge in [-0.1, -0.05) is 0 Å². The van der Waals surface area contributed by atoms with Crippen LogP contribution < -0.4 is 4.74 Å². The molecule has 0 aliphatic rings. The lowest BCUT2D eigenvalue weighted by molar-refractivity contribution is -0.384. The Kier molecular flexibility index (Phi) is 21.1. The smallest absolute Gasteiger partial charge is 0.307 e. The Bertz CT molecular complexity index is 689. The van der Waals surface area contributed by atoms with Crippen molar-refractivity contribution in [3.63, 3.8) is 0 Å². The third kappa shape index (κ3) is 20.4. The maximum Gasteiger partial charge on any atom is 0.307 e. The minimum atomic E-state index is -0.456. The molecule has 0 heterocycles. The zero-order valence-corrected chi connectivity index (χ0v) is 21.5. The number of nitro groups is 1. The van der Waals surface area contributed by atoms with E-state index < -0.39 is 4.92 Å². The van der Waals surface area contributed by atoms with Crippen molar-refractivity contribution >= 4 is 11.7 Å². The van der Waals surface area contributed by atoms with Gasteiger partial charge in [-0.2, -0.15) is 0 Å². The molecule has 0 atom stereocenters. The third-order valence-electron chi connectivity index (χ3n) is 4.45. The summed E-state index contributed by atoms with van der Waals surface area (Å²) in [6, 6.07) is 5.89. The van der Waals surface area contributed by atoms with Crippen molar-refractivity contribution in [2.75, 3.05) is 106 Å². The molecule has 0 fully saturated rings. The molecule has 13 heteroatoms. The molecule has 0 N–H and O–H groups in total. The third-order valence-corrected chi connectivity index (χ3v) is 4.45. The normalized spacial score (nSPS) is 10.9. The first-order valence-electron chi connectivity index (χ1n) is 12.1. The molecule has 0 unspecified atom stereocenters. The molecule has 0 amide bonds. The SMILES string of the molecule is COC(=O)CCOCCOCCOCCOCCOCCOCCOCCOc1ccc([N+](=O)[O-])cc1. The zero-order valence-electron chi connectivity index (χ0n) is 21.5. The second kappa shape index (κ2) is 24.0. The fourth-order valence-corrected chi connectivity index (χ4v) is 2.56. The van der Waals surface area contributed by atoms with Gasteiger partial charge in [0.1, 0.15) is 12.4 Å². The van der Waals surface area contributed by atoms with E-state index in [1.54, 1.807) is 12.1 Å². The van der Waals surface area contributed by atoms with Crippen molar-refractivity contribution in [3.8, 4) is 5.75 Å². The van der Waals surface area contributed by atoms with Crippen LogP contribution in [0.4, 0.5) is 5.69 Å². The van der Waals surface area contributed by atoms with Crippen LogP contribution in [0.3, 0.4) is 0 Å². The molecule has 0 aliphatic heterocycles. The van der Waals surface area contributed by atoms with E-state index in [4.69, 9.17) is 37.9 Å². The molecule has 1 aromatic carbocycles. The summed E-state index contributed by atoms with van der Waals surface area (Å²) in [4.78, 5) is 21.0. The number of carbonyl (C=O) groups is 1. The number of ether oxygens (including phenoxy) is 9. The van der Waals surface area contributed by atoms with Crippen molar-refractivity contribution in [2.45, 2.75) is 6.42 Å². The van der Waals surface area contributed by atoms with Crippen LogP contribution in [-0.2, 0) is 42.7 Å². The second-order valence-electron chi connectivity index (χ2n) is 7.21. The van der Waals surface area contributed by atoms with Gasteiger partial charge in [0.15, 0.2) is 0 Å². The molecule has 0 spiro atoms. The van der Waals surface area contributed by atoms with Crippen molar-refractivity contribution in [1.82, 2.24) is 0 Å². The van der Waals surface area contributed by atoms with Crippen molar-refractivity contribution < 1.29 is 52.3 Å². The van der Waals surface area contributed by atoms with Gasteiger partial charge >= 0.3 is 5.97 Å². The standard InChI is InChI=1S/C24H39NO12/c1-29-24(26)6-7-30-8-9-31-10-11-32-12-13-33-14-15-34-16-17-35-18-19-36-20-21-37-23-4-2-22(3-5-23)25(27)28/h2-5H,6-21H2,1H3. The van der Waals surface area contributed by atoms with E-state index in [1.165, 1.54) is 19.2 Å². The molecule has 13 nitrogen and oxygen atoms in total. The van der Waals surface area contributed by atoms with Gasteiger partial charge in [-0.25, -0.2) is 0 Å². The zero-order chi connectivity index (χ0) is 26.8. The van der Waals surface area contributed by atoms with Crippen LogP contribution in [0, 0.1) is 10.1 Å². The summed E-state index contributed by atoms with van der Waals surface area (Å²) in [5.74, 6) is 0.261. The second-order valence-corrected chi connectivity index (χ2v) is 7.21. The number of hydrogen-bond donors (Lipinski definition) is 0. The van der Waals surface area contributed by atoms with E-state index in [2.05, 4.69) is 4.74 Å². The highest BCUT2D eigenvalue weighted by atomic mass is 16.6. The molecule has 0 aliphatic carbocycles. The summed E-state index contributed by atoms with van der Waals surface area (Å²) in [7, 11) is 1.34. The summed E-state index contributed by atoms with van der Waals surface area (Å²) in [5.41, 5.74) is 0.0235. The molecule has 1 rings (SSSR count). The van der Waals surface area contributed by atoms with E-state index in [-0.39, 0.29) is 18.1 Å². The number of nitrogens with zero attached hydrogens (tertiary/aromatic N) is 1. The number of nitro benzene ring substituents is 1. The van der Waals surface area contributed by atoms with Gasteiger partial charge in [-0.3, -0.25) is 14.9 Å². The van der Waals surface area contributed by atoms with Crippen LogP contribution in [-0.4, -0.2) is 117 Å². The molecule has 0 radical (unpaired) electrons. The number of esters is 1. The van der Waals surface area contributed by atoms with Gasteiger partial charge in [0, 0.05) is 12.1 Å². The molecule has 0 saturated carbocycles. The molecule has 212 valence electrons. The van der Waals surface area contributed by atoms with Gasteiger partial charge in [0.05, 0.1) is 111 Å². The number of non-ortho nitro benzene ring substituents is 1. The van der Waals surface area contributed by atoms with E-state index >= 15 is 0 Å². The van der Waals surface area contributed by atoms with Gasteiger partial charge in [-0.05, 0) is 12.1 Å². The van der Waals surface area contributed by atoms with Crippen molar-refractivity contribution in [3.05, 3.63) is 34.4 Å². The summed E-state index contributed by atoms with van der Waals surface area (Å²) >= 11 is 0. The summed E-state index contributed by atoms with van der Waals surface area (Å²) < 4.78 is 47.6. The van der Waals surface area contributed by atoms with Crippen molar-refractivity contribution in [1.29, 1.82) is 0 Å². The first kappa shape index (κ1) is 32.6. The Balaban J connectivity index is 1.71. The predicted octanol–water partition coefficient (Wildman–Crippen LogP) is 1.65. The Labute approximate surface area is 217 Å². The van der Waals surface area contributed by atoms with Gasteiger partial charge in [0.25, 0.3) is 5.69 Å². The first-order chi connectivity index (χ1) is 18.1. The number of benzene rings is 1. The lowest BCUT2D eigenvalue weighted by Gasteiger charge is -2.09. The Morgan fingerprint density at radius 1 is 0.622 bits per heavy atom. The highest BCUT2D eigenvalue weighted by Crippen LogP contribution is 2.17. The Hall–Kier alpha value is -2.39. The Morgan fingerprint density at radius 3 is 1.32 bits per heavy atom. The summed E-state index contributed by atoms with van der Waals surface area (Å²) in [5, 5.41) is 10.6. The number of rotatable bonds is 26. The quantitative estimate of drug-likeness (QED) is 0.0739.